The van der Waals surface area contributed by atoms with E-state index in [9.17, 15) is 4.79 Å². The highest BCUT2D eigenvalue weighted by Crippen LogP contribution is 2.37. The number of methoxy groups -OCH3 is 1. The van der Waals surface area contributed by atoms with E-state index < -0.39 is 5.97 Å². The van der Waals surface area contributed by atoms with E-state index in [1.165, 1.54) is 20.0 Å². The Bertz CT molecular complexity index is 630. The van der Waals surface area contributed by atoms with Crippen LogP contribution in [0.4, 0.5) is 0 Å². The number of nitrogens with zero attached hydrogens (tertiary/aromatic N) is 2. The molecular formula is C18H22N2O2. The van der Waals surface area contributed by atoms with Crippen molar-refractivity contribution in [3.63, 3.8) is 0 Å². The van der Waals surface area contributed by atoms with Gasteiger partial charge in [0.15, 0.2) is 0 Å². The molecule has 2 saturated heterocycles. The van der Waals surface area contributed by atoms with Crippen LogP contribution in [-0.4, -0.2) is 42.1 Å². The molecule has 22 heavy (non-hydrogen) atoms. The summed E-state index contributed by atoms with van der Waals surface area (Å²) >= 11 is 0. The molecule has 2 unspecified atom stereocenters. The van der Waals surface area contributed by atoms with Gasteiger partial charge < -0.3 is 9.64 Å². The molecule has 2 aliphatic heterocycles. The van der Waals surface area contributed by atoms with Crippen molar-refractivity contribution in [3.8, 4) is 11.8 Å². The summed E-state index contributed by atoms with van der Waals surface area (Å²) < 4.78 is 4.73. The minimum atomic E-state index is -0.413. The van der Waals surface area contributed by atoms with Crippen molar-refractivity contribution in [2.24, 2.45) is 5.92 Å². The molecule has 0 aromatic carbocycles. The normalized spacial score (nSPS) is 27.1. The number of carbonyl (C=O) groups excluding carboxylic acids is 1. The van der Waals surface area contributed by atoms with Gasteiger partial charge in [-0.2, -0.15) is 0 Å². The van der Waals surface area contributed by atoms with Gasteiger partial charge in [-0.25, -0.2) is 9.78 Å². The molecular weight excluding hydrogens is 276 g/mol. The van der Waals surface area contributed by atoms with Crippen molar-refractivity contribution in [1.82, 2.24) is 9.88 Å². The maximum Gasteiger partial charge on any atom is 0.356 e. The van der Waals surface area contributed by atoms with E-state index in [0.717, 1.165) is 24.1 Å². The van der Waals surface area contributed by atoms with Crippen LogP contribution in [0.1, 0.15) is 47.4 Å². The number of hydrogen-bond acceptors (Lipinski definition) is 4. The summed E-state index contributed by atoms with van der Waals surface area (Å²) in [6, 6.07) is 5.03. The van der Waals surface area contributed by atoms with Crippen LogP contribution in [0.25, 0.3) is 0 Å². The lowest BCUT2D eigenvalue weighted by atomic mass is 9.91. The van der Waals surface area contributed by atoms with Crippen molar-refractivity contribution in [2.45, 2.75) is 44.7 Å². The Morgan fingerprint density at radius 2 is 2.00 bits per heavy atom. The van der Waals surface area contributed by atoms with E-state index in [0.29, 0.717) is 23.7 Å². The zero-order valence-corrected chi connectivity index (χ0v) is 13.4. The number of aromatic nitrogens is 1. The standard InChI is InChI=1S/C18H22N2O2/c1-12-8-13(11-17(19-12)18(21)22-3)4-5-14-9-15-6-7-16(10-14)20(15)2/h8,11,14-16H,6-7,9-10H2,1-3H3. The molecule has 0 radical (unpaired) electrons. The lowest BCUT2D eigenvalue weighted by Gasteiger charge is -2.34. The number of rotatable bonds is 1. The summed E-state index contributed by atoms with van der Waals surface area (Å²) in [6.07, 6.45) is 4.93. The van der Waals surface area contributed by atoms with Gasteiger partial charge in [0.1, 0.15) is 5.69 Å². The van der Waals surface area contributed by atoms with Gasteiger partial charge in [0.25, 0.3) is 0 Å². The fourth-order valence-corrected chi connectivity index (χ4v) is 3.66. The monoisotopic (exact) mass is 298 g/mol. The maximum absolute atomic E-state index is 11.6. The Kier molecular flexibility index (Phi) is 4.17. The van der Waals surface area contributed by atoms with Crippen molar-refractivity contribution >= 4 is 5.97 Å². The predicted molar refractivity (Wildman–Crippen MR) is 84.5 cm³/mol. The van der Waals surface area contributed by atoms with E-state index in [1.807, 2.05) is 13.0 Å². The van der Waals surface area contributed by atoms with Crippen LogP contribution < -0.4 is 0 Å². The molecule has 2 fully saturated rings. The van der Waals surface area contributed by atoms with Gasteiger partial charge in [0, 0.05) is 29.3 Å². The summed E-state index contributed by atoms with van der Waals surface area (Å²) in [6.45, 7) is 1.87. The van der Waals surface area contributed by atoms with Gasteiger partial charge in [-0.1, -0.05) is 11.8 Å². The topological polar surface area (TPSA) is 42.4 Å². The fraction of sp³-hybridized carbons (Fsp3) is 0.556. The third-order valence-corrected chi connectivity index (χ3v) is 4.87. The van der Waals surface area contributed by atoms with Crippen LogP contribution in [0.5, 0.6) is 0 Å². The van der Waals surface area contributed by atoms with E-state index in [2.05, 4.69) is 28.8 Å². The maximum atomic E-state index is 11.6. The van der Waals surface area contributed by atoms with Gasteiger partial charge >= 0.3 is 5.97 Å². The van der Waals surface area contributed by atoms with Gasteiger partial charge in [-0.15, -0.1) is 0 Å². The molecule has 3 heterocycles. The lowest BCUT2D eigenvalue weighted by molar-refractivity contribution is 0.0593. The average Bonchev–Trinajstić information content (AvgIpc) is 2.74. The highest BCUT2D eigenvalue weighted by atomic mass is 16.5. The van der Waals surface area contributed by atoms with Crippen LogP contribution in [-0.2, 0) is 4.74 Å². The van der Waals surface area contributed by atoms with Gasteiger partial charge in [-0.3, -0.25) is 0 Å². The minimum absolute atomic E-state index is 0.329. The average molecular weight is 298 g/mol. The number of fused-ring (bicyclic) bond motifs is 2. The number of aryl methyl sites for hydroxylation is 1. The molecule has 0 saturated carbocycles. The Balaban J connectivity index is 1.77. The first-order valence-corrected chi connectivity index (χ1v) is 7.87. The van der Waals surface area contributed by atoms with Crippen molar-refractivity contribution in [2.75, 3.05) is 14.2 Å². The summed E-state index contributed by atoms with van der Waals surface area (Å²) in [4.78, 5) is 18.3. The number of hydrogen-bond donors (Lipinski definition) is 0. The van der Waals surface area contributed by atoms with E-state index >= 15 is 0 Å². The second kappa shape index (κ2) is 6.10. The summed E-state index contributed by atoms with van der Waals surface area (Å²) in [5.74, 6) is 6.70. The van der Waals surface area contributed by atoms with Crippen LogP contribution in [0.2, 0.25) is 0 Å². The number of carbonyl (C=O) groups is 1. The van der Waals surface area contributed by atoms with Crippen molar-refractivity contribution < 1.29 is 9.53 Å². The third kappa shape index (κ3) is 3.00. The molecule has 2 aliphatic rings. The largest absolute Gasteiger partial charge is 0.464 e. The third-order valence-electron chi connectivity index (χ3n) is 4.87. The van der Waals surface area contributed by atoms with Gasteiger partial charge in [0.05, 0.1) is 7.11 Å². The molecule has 1 aromatic heterocycles. The second-order valence-electron chi connectivity index (χ2n) is 6.36. The van der Waals surface area contributed by atoms with Crippen LogP contribution in [0, 0.1) is 24.7 Å². The lowest BCUT2D eigenvalue weighted by Crippen LogP contribution is -2.39. The number of pyridine rings is 1. The first-order chi connectivity index (χ1) is 10.6. The fourth-order valence-electron chi connectivity index (χ4n) is 3.66. The van der Waals surface area contributed by atoms with Crippen LogP contribution in [0.15, 0.2) is 12.1 Å². The molecule has 4 nitrogen and oxygen atoms in total. The molecule has 0 amide bonds. The summed E-state index contributed by atoms with van der Waals surface area (Å²) in [7, 11) is 3.60. The SMILES string of the molecule is COC(=O)c1cc(C#CC2CC3CCC(C2)N3C)cc(C)n1. The number of piperidine rings is 1. The Labute approximate surface area is 131 Å². The summed E-state index contributed by atoms with van der Waals surface area (Å²) in [5, 5.41) is 0. The number of esters is 1. The Hall–Kier alpha value is -1.86. The zero-order valence-electron chi connectivity index (χ0n) is 13.4. The summed E-state index contributed by atoms with van der Waals surface area (Å²) in [5.41, 5.74) is 1.96. The van der Waals surface area contributed by atoms with Crippen LogP contribution in [0.3, 0.4) is 0 Å². The Morgan fingerprint density at radius 3 is 2.64 bits per heavy atom. The highest BCUT2D eigenvalue weighted by molar-refractivity contribution is 5.87. The molecule has 0 aliphatic carbocycles. The highest BCUT2D eigenvalue weighted by Gasteiger charge is 2.37. The predicted octanol–water partition coefficient (Wildman–Crippen LogP) is 2.40. The molecule has 2 atom stereocenters. The molecule has 0 spiro atoms. The zero-order chi connectivity index (χ0) is 15.7. The second-order valence-corrected chi connectivity index (χ2v) is 6.36. The van der Waals surface area contributed by atoms with Crippen molar-refractivity contribution in [3.05, 3.63) is 29.1 Å². The molecule has 4 heteroatoms. The van der Waals surface area contributed by atoms with Crippen LogP contribution >= 0.6 is 0 Å². The molecule has 1 aromatic rings. The molecule has 116 valence electrons. The molecule has 0 N–H and O–H groups in total. The van der Waals surface area contributed by atoms with E-state index in [4.69, 9.17) is 4.74 Å². The Morgan fingerprint density at radius 1 is 1.32 bits per heavy atom. The number of ether oxygens (including phenoxy) is 1. The van der Waals surface area contributed by atoms with Crippen molar-refractivity contribution in [1.29, 1.82) is 0 Å². The molecule has 3 rings (SSSR count). The van der Waals surface area contributed by atoms with E-state index in [1.54, 1.807) is 6.07 Å². The first kappa shape index (κ1) is 15.1. The van der Waals surface area contributed by atoms with Gasteiger partial charge in [0.2, 0.25) is 0 Å². The minimum Gasteiger partial charge on any atom is -0.464 e. The quantitative estimate of drug-likeness (QED) is 0.590. The van der Waals surface area contributed by atoms with E-state index in [-0.39, 0.29) is 0 Å². The first-order valence-electron chi connectivity index (χ1n) is 7.87. The van der Waals surface area contributed by atoms with Gasteiger partial charge in [-0.05, 0) is 51.8 Å². The molecule has 2 bridgehead atoms. The smallest absolute Gasteiger partial charge is 0.356 e.